The number of nitrogens with zero attached hydrogens (tertiary/aromatic N) is 1. The minimum Gasteiger partial charge on any atom is -0.459 e. The molecular formula is C27H29F3N2O5. The molecule has 198 valence electrons. The van der Waals surface area contributed by atoms with Gasteiger partial charge in [-0.15, -0.1) is 13.2 Å². The third-order valence-corrected chi connectivity index (χ3v) is 6.57. The number of amides is 1. The molecule has 1 amide bonds. The highest BCUT2D eigenvalue weighted by Crippen LogP contribution is 2.56. The third kappa shape index (κ3) is 6.06. The summed E-state index contributed by atoms with van der Waals surface area (Å²) in [6.07, 6.45) is -1.62. The molecule has 37 heavy (non-hydrogen) atoms. The topological polar surface area (TPSA) is 86.8 Å². The molecule has 1 heterocycles. The van der Waals surface area contributed by atoms with Gasteiger partial charge in [0.25, 0.3) is 0 Å². The summed E-state index contributed by atoms with van der Waals surface area (Å²) in [4.78, 5) is 29.9. The van der Waals surface area contributed by atoms with Gasteiger partial charge >= 0.3 is 18.4 Å². The second kappa shape index (κ2) is 9.72. The zero-order valence-electron chi connectivity index (χ0n) is 20.9. The number of esters is 1. The van der Waals surface area contributed by atoms with Gasteiger partial charge in [-0.3, -0.25) is 4.79 Å². The first kappa shape index (κ1) is 26.5. The smallest absolute Gasteiger partial charge is 0.459 e. The molecule has 2 aromatic rings. The number of rotatable bonds is 6. The lowest BCUT2D eigenvalue weighted by Crippen LogP contribution is -2.58. The van der Waals surface area contributed by atoms with Crippen molar-refractivity contribution in [2.75, 3.05) is 0 Å². The van der Waals surface area contributed by atoms with Crippen LogP contribution in [0, 0.1) is 5.41 Å². The van der Waals surface area contributed by atoms with E-state index in [1.165, 1.54) is 18.3 Å². The lowest BCUT2D eigenvalue weighted by molar-refractivity contribution is -0.276. The lowest BCUT2D eigenvalue weighted by atomic mass is 9.57. The van der Waals surface area contributed by atoms with Crippen molar-refractivity contribution in [2.45, 2.75) is 70.6 Å². The Kier molecular flexibility index (Phi) is 6.96. The molecular weight excluding hydrogens is 489 g/mol. The van der Waals surface area contributed by atoms with E-state index in [0.29, 0.717) is 31.3 Å². The summed E-state index contributed by atoms with van der Waals surface area (Å²) < 4.78 is 54.9. The van der Waals surface area contributed by atoms with E-state index < -0.39 is 40.9 Å². The summed E-state index contributed by atoms with van der Waals surface area (Å²) in [5.74, 6) is -1.12. The van der Waals surface area contributed by atoms with Crippen molar-refractivity contribution < 1.29 is 37.0 Å². The number of fused-ring (bicyclic) bond motifs is 2. The average Bonchev–Trinajstić information content (AvgIpc) is 2.82. The molecule has 1 aromatic heterocycles. The van der Waals surface area contributed by atoms with E-state index in [4.69, 9.17) is 9.47 Å². The Labute approximate surface area is 213 Å². The number of hydrogen-bond acceptors (Lipinski definition) is 6. The van der Waals surface area contributed by atoms with Crippen LogP contribution in [0.2, 0.25) is 0 Å². The van der Waals surface area contributed by atoms with Crippen LogP contribution >= 0.6 is 0 Å². The van der Waals surface area contributed by atoms with E-state index in [9.17, 15) is 22.8 Å². The normalized spacial score (nSPS) is 23.1. The number of alkyl halides is 3. The molecule has 0 unspecified atom stereocenters. The maximum atomic E-state index is 13.3. The van der Waals surface area contributed by atoms with Crippen molar-refractivity contribution in [3.05, 3.63) is 65.9 Å². The molecule has 0 radical (unpaired) electrons. The van der Waals surface area contributed by atoms with E-state index in [0.717, 1.165) is 5.56 Å². The lowest BCUT2D eigenvalue weighted by Gasteiger charge is -2.51. The number of carbonyl (C=O) groups excluding carboxylic acids is 2. The average molecular weight is 519 g/mol. The number of aromatic nitrogens is 1. The van der Waals surface area contributed by atoms with Gasteiger partial charge in [0.05, 0.1) is 11.0 Å². The molecule has 3 aliphatic rings. The van der Waals surface area contributed by atoms with Crippen molar-refractivity contribution >= 4 is 17.6 Å². The Morgan fingerprint density at radius 1 is 1.00 bits per heavy atom. The van der Waals surface area contributed by atoms with Crippen molar-refractivity contribution in [3.63, 3.8) is 0 Å². The first-order valence-corrected chi connectivity index (χ1v) is 12.0. The Morgan fingerprint density at radius 3 is 2.30 bits per heavy atom. The highest BCUT2D eigenvalue weighted by molar-refractivity contribution is 5.90. The SMILES string of the molecule is CC(C)(C)OC(=O)C12C=C(c3cccnc3OC(F)(F)F)C(NC(=O)OCc3ccccc3)(CC1)CC2. The zero-order valence-corrected chi connectivity index (χ0v) is 20.9. The zero-order chi connectivity index (χ0) is 26.9. The van der Waals surface area contributed by atoms with Crippen LogP contribution in [-0.4, -0.2) is 34.5 Å². The van der Waals surface area contributed by atoms with Crippen LogP contribution in [0.15, 0.2) is 54.7 Å². The number of hydrogen-bond donors (Lipinski definition) is 1. The number of ether oxygens (including phenoxy) is 3. The molecule has 0 atom stereocenters. The molecule has 1 saturated carbocycles. The molecule has 7 nitrogen and oxygen atoms in total. The van der Waals surface area contributed by atoms with Gasteiger partial charge in [0.2, 0.25) is 5.88 Å². The summed E-state index contributed by atoms with van der Waals surface area (Å²) in [5, 5.41) is 2.89. The number of alkyl carbamates (subject to hydrolysis) is 1. The van der Waals surface area contributed by atoms with Crippen LogP contribution in [-0.2, 0) is 20.9 Å². The molecule has 0 aliphatic heterocycles. The number of pyridine rings is 1. The highest BCUT2D eigenvalue weighted by Gasteiger charge is 2.55. The summed E-state index contributed by atoms with van der Waals surface area (Å²) in [6.45, 7) is 5.29. The number of nitrogens with one attached hydrogen (secondary N) is 1. The minimum absolute atomic E-state index is 0.0268. The second-order valence-corrected chi connectivity index (χ2v) is 10.4. The van der Waals surface area contributed by atoms with E-state index in [1.54, 1.807) is 26.8 Å². The quantitative estimate of drug-likeness (QED) is 0.476. The van der Waals surface area contributed by atoms with Gasteiger partial charge in [-0.25, -0.2) is 9.78 Å². The van der Waals surface area contributed by atoms with Gasteiger partial charge in [0, 0.05) is 11.8 Å². The summed E-state index contributed by atoms with van der Waals surface area (Å²) >= 11 is 0. The number of carbonyl (C=O) groups is 2. The third-order valence-electron chi connectivity index (χ3n) is 6.57. The fourth-order valence-electron chi connectivity index (χ4n) is 4.86. The van der Waals surface area contributed by atoms with Gasteiger partial charge in [-0.05, 0) is 69.7 Å². The Bertz CT molecular complexity index is 1180. The molecule has 1 aromatic carbocycles. The van der Waals surface area contributed by atoms with Gasteiger partial charge in [-0.2, -0.15) is 0 Å². The van der Waals surface area contributed by atoms with Crippen LogP contribution in [0.1, 0.15) is 57.6 Å². The van der Waals surface area contributed by atoms with E-state index in [1.807, 2.05) is 30.3 Å². The summed E-state index contributed by atoms with van der Waals surface area (Å²) in [7, 11) is 0. The molecule has 10 heteroatoms. The van der Waals surface area contributed by atoms with Crippen molar-refractivity contribution in [1.82, 2.24) is 10.3 Å². The van der Waals surface area contributed by atoms with Crippen LogP contribution in [0.25, 0.3) is 5.57 Å². The van der Waals surface area contributed by atoms with Crippen LogP contribution in [0.4, 0.5) is 18.0 Å². The predicted octanol–water partition coefficient (Wildman–Crippen LogP) is 5.94. The number of halogens is 3. The molecule has 5 rings (SSSR count). The van der Waals surface area contributed by atoms with Gasteiger partial charge < -0.3 is 19.5 Å². The van der Waals surface area contributed by atoms with Crippen molar-refractivity contribution in [2.24, 2.45) is 5.41 Å². The molecule has 2 bridgehead atoms. The Balaban J connectivity index is 1.70. The standard InChI is InChI=1S/C27H29F3N2O5/c1-24(2,3)37-22(33)25-11-13-26(14-12-25,32-23(34)35-17-18-8-5-4-6-9-18)20(16-25)19-10-7-15-31-21(19)36-27(28,29)30/h4-10,15-16H,11-14,17H2,1-3H3,(H,32,34). The maximum Gasteiger partial charge on any atom is 0.574 e. The summed E-state index contributed by atoms with van der Waals surface area (Å²) in [6, 6.07) is 12.0. The molecule has 1 fully saturated rings. The molecule has 3 aliphatic carbocycles. The summed E-state index contributed by atoms with van der Waals surface area (Å²) in [5.41, 5.74) is -1.73. The van der Waals surface area contributed by atoms with Crippen LogP contribution in [0.5, 0.6) is 5.88 Å². The first-order chi connectivity index (χ1) is 17.3. The largest absolute Gasteiger partial charge is 0.574 e. The van der Waals surface area contributed by atoms with Crippen molar-refractivity contribution in [3.8, 4) is 5.88 Å². The highest BCUT2D eigenvalue weighted by atomic mass is 19.4. The van der Waals surface area contributed by atoms with E-state index >= 15 is 0 Å². The van der Waals surface area contributed by atoms with Gasteiger partial charge in [0.1, 0.15) is 12.2 Å². The van der Waals surface area contributed by atoms with Gasteiger partial charge in [0.15, 0.2) is 0 Å². The second-order valence-electron chi connectivity index (χ2n) is 10.4. The van der Waals surface area contributed by atoms with Crippen LogP contribution in [0.3, 0.4) is 0 Å². The Morgan fingerprint density at radius 2 is 1.68 bits per heavy atom. The predicted molar refractivity (Wildman–Crippen MR) is 128 cm³/mol. The van der Waals surface area contributed by atoms with E-state index in [2.05, 4.69) is 15.0 Å². The molecule has 0 saturated heterocycles. The Hall–Kier alpha value is -3.56. The first-order valence-electron chi connectivity index (χ1n) is 12.0. The van der Waals surface area contributed by atoms with Crippen molar-refractivity contribution in [1.29, 1.82) is 0 Å². The minimum atomic E-state index is -4.98. The fraction of sp³-hybridized carbons (Fsp3) is 0.444. The van der Waals surface area contributed by atoms with Gasteiger partial charge in [-0.1, -0.05) is 36.4 Å². The molecule has 0 spiro atoms. The fourth-order valence-corrected chi connectivity index (χ4v) is 4.86. The molecule has 1 N–H and O–H groups in total. The number of benzene rings is 1. The van der Waals surface area contributed by atoms with Crippen LogP contribution < -0.4 is 10.1 Å². The monoisotopic (exact) mass is 518 g/mol. The van der Waals surface area contributed by atoms with E-state index in [-0.39, 0.29) is 12.2 Å². The maximum absolute atomic E-state index is 13.3.